The SMILES string of the molecule is Cc1ccc(-n2ncc(C(=O)NC3CCC(C)CC3)c2-n2cccc2)cc1. The fourth-order valence-electron chi connectivity index (χ4n) is 3.77. The maximum Gasteiger partial charge on any atom is 0.256 e. The minimum Gasteiger partial charge on any atom is -0.349 e. The van der Waals surface area contributed by atoms with Crippen LogP contribution in [0.2, 0.25) is 0 Å². The second-order valence-electron chi connectivity index (χ2n) is 7.65. The number of aryl methyl sites for hydroxylation is 1. The van der Waals surface area contributed by atoms with Crippen LogP contribution in [0.15, 0.2) is 55.0 Å². The number of aromatic nitrogens is 3. The molecule has 0 radical (unpaired) electrons. The van der Waals surface area contributed by atoms with Crippen LogP contribution in [0.4, 0.5) is 0 Å². The van der Waals surface area contributed by atoms with Crippen LogP contribution >= 0.6 is 0 Å². The third-order valence-corrected chi connectivity index (χ3v) is 5.47. The van der Waals surface area contributed by atoms with Crippen molar-refractivity contribution in [3.63, 3.8) is 0 Å². The lowest BCUT2D eigenvalue weighted by molar-refractivity contribution is 0.0923. The molecule has 140 valence electrons. The first kappa shape index (κ1) is 17.6. The van der Waals surface area contributed by atoms with Crippen LogP contribution < -0.4 is 5.32 Å². The fraction of sp³-hybridized carbons (Fsp3) is 0.364. The largest absolute Gasteiger partial charge is 0.349 e. The van der Waals surface area contributed by atoms with E-state index in [1.165, 1.54) is 18.4 Å². The molecule has 3 aromatic rings. The van der Waals surface area contributed by atoms with Crippen molar-refractivity contribution in [2.45, 2.75) is 45.6 Å². The van der Waals surface area contributed by atoms with Crippen LogP contribution in [0.3, 0.4) is 0 Å². The first-order valence-corrected chi connectivity index (χ1v) is 9.71. The van der Waals surface area contributed by atoms with Gasteiger partial charge < -0.3 is 9.88 Å². The van der Waals surface area contributed by atoms with Crippen molar-refractivity contribution < 1.29 is 4.79 Å². The summed E-state index contributed by atoms with van der Waals surface area (Å²) in [6.07, 6.45) is 10.0. The second-order valence-corrected chi connectivity index (χ2v) is 7.65. The third kappa shape index (κ3) is 3.68. The summed E-state index contributed by atoms with van der Waals surface area (Å²) in [7, 11) is 0. The first-order valence-electron chi connectivity index (χ1n) is 9.71. The van der Waals surface area contributed by atoms with E-state index in [-0.39, 0.29) is 11.9 Å². The molecular formula is C22H26N4O. The van der Waals surface area contributed by atoms with Gasteiger partial charge in [-0.05, 0) is 62.8 Å². The molecule has 5 heteroatoms. The molecule has 1 aliphatic rings. The summed E-state index contributed by atoms with van der Waals surface area (Å²) in [5, 5.41) is 7.76. The smallest absolute Gasteiger partial charge is 0.256 e. The molecular weight excluding hydrogens is 336 g/mol. The topological polar surface area (TPSA) is 51.9 Å². The molecule has 0 aliphatic heterocycles. The fourth-order valence-corrected chi connectivity index (χ4v) is 3.77. The minimum atomic E-state index is -0.0448. The number of rotatable bonds is 4. The van der Waals surface area contributed by atoms with Gasteiger partial charge in [-0.2, -0.15) is 5.10 Å². The zero-order valence-electron chi connectivity index (χ0n) is 15.9. The molecule has 1 aromatic carbocycles. The normalized spacial score (nSPS) is 19.8. The predicted molar refractivity (Wildman–Crippen MR) is 107 cm³/mol. The van der Waals surface area contributed by atoms with Gasteiger partial charge in [0.15, 0.2) is 5.82 Å². The second kappa shape index (κ2) is 7.43. The first-order chi connectivity index (χ1) is 13.1. The molecule has 1 fully saturated rings. The van der Waals surface area contributed by atoms with Gasteiger partial charge in [-0.25, -0.2) is 4.68 Å². The summed E-state index contributed by atoms with van der Waals surface area (Å²) in [6.45, 7) is 4.34. The molecule has 2 heterocycles. The number of hydrogen-bond acceptors (Lipinski definition) is 2. The van der Waals surface area contributed by atoms with E-state index in [2.05, 4.69) is 36.4 Å². The number of carbonyl (C=O) groups is 1. The summed E-state index contributed by atoms with van der Waals surface area (Å²) in [5.74, 6) is 1.49. The van der Waals surface area contributed by atoms with E-state index in [4.69, 9.17) is 0 Å². The Morgan fingerprint density at radius 3 is 2.41 bits per heavy atom. The Hall–Kier alpha value is -2.82. The van der Waals surface area contributed by atoms with E-state index in [0.717, 1.165) is 30.3 Å². The summed E-state index contributed by atoms with van der Waals surface area (Å²) < 4.78 is 3.78. The molecule has 0 unspecified atom stereocenters. The Bertz CT molecular complexity index is 900. The van der Waals surface area contributed by atoms with Crippen molar-refractivity contribution in [2.75, 3.05) is 0 Å². The number of hydrogen-bond donors (Lipinski definition) is 1. The number of nitrogens with one attached hydrogen (secondary N) is 1. The van der Waals surface area contributed by atoms with E-state index >= 15 is 0 Å². The van der Waals surface area contributed by atoms with Gasteiger partial charge in [-0.3, -0.25) is 4.79 Å². The van der Waals surface area contributed by atoms with Crippen molar-refractivity contribution in [3.8, 4) is 11.5 Å². The Labute approximate surface area is 160 Å². The Kier molecular flexibility index (Phi) is 4.84. The van der Waals surface area contributed by atoms with E-state index in [0.29, 0.717) is 5.56 Å². The highest BCUT2D eigenvalue weighted by atomic mass is 16.1. The van der Waals surface area contributed by atoms with Crippen LogP contribution in [-0.4, -0.2) is 26.3 Å². The van der Waals surface area contributed by atoms with Crippen molar-refractivity contribution in [1.29, 1.82) is 0 Å². The van der Waals surface area contributed by atoms with Gasteiger partial charge in [0.25, 0.3) is 5.91 Å². The van der Waals surface area contributed by atoms with Gasteiger partial charge in [0.05, 0.1) is 11.9 Å². The monoisotopic (exact) mass is 362 g/mol. The molecule has 1 N–H and O–H groups in total. The molecule has 5 nitrogen and oxygen atoms in total. The van der Waals surface area contributed by atoms with Crippen molar-refractivity contribution in [1.82, 2.24) is 19.7 Å². The van der Waals surface area contributed by atoms with Gasteiger partial charge in [0.2, 0.25) is 0 Å². The van der Waals surface area contributed by atoms with Crippen LogP contribution in [0.1, 0.15) is 48.5 Å². The van der Waals surface area contributed by atoms with Crippen LogP contribution in [0, 0.1) is 12.8 Å². The van der Waals surface area contributed by atoms with Crippen molar-refractivity contribution in [2.24, 2.45) is 5.92 Å². The molecule has 1 amide bonds. The third-order valence-electron chi connectivity index (χ3n) is 5.47. The number of amides is 1. The quantitative estimate of drug-likeness (QED) is 0.753. The molecule has 1 saturated carbocycles. The molecule has 1 aliphatic carbocycles. The maximum atomic E-state index is 13.0. The number of nitrogens with zero attached hydrogens (tertiary/aromatic N) is 3. The van der Waals surface area contributed by atoms with Crippen LogP contribution in [0.5, 0.6) is 0 Å². The van der Waals surface area contributed by atoms with Crippen LogP contribution in [0.25, 0.3) is 11.5 Å². The molecule has 27 heavy (non-hydrogen) atoms. The molecule has 4 rings (SSSR count). The molecule has 0 atom stereocenters. The number of benzene rings is 1. The Morgan fingerprint density at radius 1 is 1.07 bits per heavy atom. The van der Waals surface area contributed by atoms with Crippen molar-refractivity contribution in [3.05, 3.63) is 66.1 Å². The molecule has 0 saturated heterocycles. The van der Waals surface area contributed by atoms with Gasteiger partial charge in [-0.1, -0.05) is 24.6 Å². The van der Waals surface area contributed by atoms with Gasteiger partial charge in [0, 0.05) is 18.4 Å². The van der Waals surface area contributed by atoms with E-state index in [1.807, 2.05) is 45.9 Å². The molecule has 2 aromatic heterocycles. The summed E-state index contributed by atoms with van der Waals surface area (Å²) in [5.41, 5.74) is 2.73. The lowest BCUT2D eigenvalue weighted by atomic mass is 9.87. The summed E-state index contributed by atoms with van der Waals surface area (Å²) in [6, 6.07) is 12.3. The average Bonchev–Trinajstić information content (AvgIpc) is 3.33. The minimum absolute atomic E-state index is 0.0448. The standard InChI is InChI=1S/C22H26N4O/c1-16-5-9-18(10-6-16)24-21(27)20-15-23-26(19-11-7-17(2)8-12-19)22(20)25-13-3-4-14-25/h3-4,7-8,11-16,18H,5-6,9-10H2,1-2H3,(H,24,27). The molecule has 0 bridgehead atoms. The predicted octanol–water partition coefficient (Wildman–Crippen LogP) is 4.28. The highest BCUT2D eigenvalue weighted by molar-refractivity contribution is 5.97. The zero-order valence-corrected chi connectivity index (χ0v) is 15.9. The lowest BCUT2D eigenvalue weighted by Gasteiger charge is -2.26. The van der Waals surface area contributed by atoms with E-state index in [1.54, 1.807) is 6.20 Å². The van der Waals surface area contributed by atoms with Crippen LogP contribution in [-0.2, 0) is 0 Å². The van der Waals surface area contributed by atoms with E-state index in [9.17, 15) is 4.79 Å². The highest BCUT2D eigenvalue weighted by Crippen LogP contribution is 2.25. The van der Waals surface area contributed by atoms with E-state index < -0.39 is 0 Å². The van der Waals surface area contributed by atoms with Crippen molar-refractivity contribution >= 4 is 5.91 Å². The zero-order chi connectivity index (χ0) is 18.8. The molecule has 0 spiro atoms. The number of carbonyl (C=O) groups excluding carboxylic acids is 1. The highest BCUT2D eigenvalue weighted by Gasteiger charge is 2.24. The Morgan fingerprint density at radius 2 is 1.74 bits per heavy atom. The van der Waals surface area contributed by atoms with Gasteiger partial charge >= 0.3 is 0 Å². The summed E-state index contributed by atoms with van der Waals surface area (Å²) in [4.78, 5) is 13.0. The maximum absolute atomic E-state index is 13.0. The average molecular weight is 362 g/mol. The lowest BCUT2D eigenvalue weighted by Crippen LogP contribution is -2.37. The summed E-state index contributed by atoms with van der Waals surface area (Å²) >= 11 is 0. The Balaban J connectivity index is 1.66. The van der Waals surface area contributed by atoms with Gasteiger partial charge in [-0.15, -0.1) is 0 Å². The van der Waals surface area contributed by atoms with Gasteiger partial charge in [0.1, 0.15) is 5.56 Å².